The maximum Gasteiger partial charge on any atom is 0.307 e. The van der Waals surface area contributed by atoms with Crippen LogP contribution < -0.4 is 0 Å². The zero-order chi connectivity index (χ0) is 16.5. The molecule has 0 heterocycles. The monoisotopic (exact) mass is 342 g/mol. The van der Waals surface area contributed by atoms with Crippen molar-refractivity contribution in [3.05, 3.63) is 33.4 Å². The minimum absolute atomic E-state index is 0.0450. The van der Waals surface area contributed by atoms with E-state index in [1.807, 2.05) is 0 Å². The van der Waals surface area contributed by atoms with Gasteiger partial charge in [-0.1, -0.05) is 0 Å². The van der Waals surface area contributed by atoms with Gasteiger partial charge in [0.05, 0.1) is 4.92 Å². The molecule has 116 valence electrons. The molecule has 1 aromatic rings. The molecule has 0 radical (unpaired) electrons. The lowest BCUT2D eigenvalue weighted by molar-refractivity contribution is -0.387. The summed E-state index contributed by atoms with van der Waals surface area (Å²) in [5, 5.41) is 10.7. The molecule has 11 heteroatoms. The summed E-state index contributed by atoms with van der Waals surface area (Å²) in [6.45, 7) is 1.54. The lowest BCUT2D eigenvalue weighted by Crippen LogP contribution is -2.29. The third-order valence-corrected chi connectivity index (χ3v) is 3.96. The molecular formula is C10H9ClF2N2O5S. The van der Waals surface area contributed by atoms with Crippen LogP contribution in [0.5, 0.6) is 0 Å². The molecule has 7 nitrogen and oxygen atoms in total. The molecule has 0 saturated carbocycles. The molecule has 21 heavy (non-hydrogen) atoms. The molecule has 0 aliphatic rings. The average Bonchev–Trinajstić information content (AvgIpc) is 2.35. The Kier molecular flexibility index (Phi) is 4.84. The van der Waals surface area contributed by atoms with Crippen LogP contribution in [0.3, 0.4) is 0 Å². The fourth-order valence-electron chi connectivity index (χ4n) is 1.43. The van der Waals surface area contributed by atoms with E-state index in [1.54, 1.807) is 0 Å². The van der Waals surface area contributed by atoms with E-state index in [9.17, 15) is 32.1 Å². The van der Waals surface area contributed by atoms with Gasteiger partial charge in [0.2, 0.25) is 5.82 Å². The van der Waals surface area contributed by atoms with Crippen LogP contribution in [0, 0.1) is 21.7 Å². The molecular weight excluding hydrogens is 334 g/mol. The first-order valence-electron chi connectivity index (χ1n) is 5.38. The van der Waals surface area contributed by atoms with Crippen molar-refractivity contribution in [3.63, 3.8) is 0 Å². The maximum atomic E-state index is 14.0. The lowest BCUT2D eigenvalue weighted by Gasteiger charge is -2.16. The van der Waals surface area contributed by atoms with Crippen molar-refractivity contribution in [2.45, 2.75) is 11.8 Å². The summed E-state index contributed by atoms with van der Waals surface area (Å²) >= 11 is 0. The quantitative estimate of drug-likeness (QED) is 0.473. The number of hydrogen-bond acceptors (Lipinski definition) is 5. The highest BCUT2D eigenvalue weighted by Gasteiger charge is 2.34. The zero-order valence-electron chi connectivity index (χ0n) is 10.8. The Morgan fingerprint density at radius 1 is 1.43 bits per heavy atom. The van der Waals surface area contributed by atoms with Crippen molar-refractivity contribution in [1.29, 1.82) is 0 Å². The van der Waals surface area contributed by atoms with Crippen LogP contribution in [0.2, 0.25) is 0 Å². The van der Waals surface area contributed by atoms with Gasteiger partial charge in [-0.3, -0.25) is 14.9 Å². The van der Waals surface area contributed by atoms with Crippen LogP contribution in [0.1, 0.15) is 17.3 Å². The maximum absolute atomic E-state index is 14.0. The molecule has 0 spiro atoms. The number of nitro benzene ring substituents is 1. The van der Waals surface area contributed by atoms with E-state index in [0.717, 1.165) is 4.90 Å². The molecule has 0 aliphatic heterocycles. The highest BCUT2D eigenvalue weighted by molar-refractivity contribution is 8.13. The third kappa shape index (κ3) is 3.27. The van der Waals surface area contributed by atoms with Crippen LogP contribution in [-0.2, 0) is 9.05 Å². The first-order chi connectivity index (χ1) is 9.52. The SMILES string of the molecule is CCN(C)C(=O)c1c(F)c([N+](=O)[O-])cc(S(=O)(=O)Cl)c1F. The number of rotatable bonds is 4. The van der Waals surface area contributed by atoms with Gasteiger partial charge in [-0.2, -0.15) is 4.39 Å². The fraction of sp³-hybridized carbons (Fsp3) is 0.300. The number of hydrogen-bond donors (Lipinski definition) is 0. The highest BCUT2D eigenvalue weighted by atomic mass is 35.7. The molecule has 1 aromatic carbocycles. The van der Waals surface area contributed by atoms with Gasteiger partial charge in [0, 0.05) is 30.3 Å². The van der Waals surface area contributed by atoms with Crippen molar-refractivity contribution >= 4 is 31.3 Å². The van der Waals surface area contributed by atoms with Gasteiger partial charge in [-0.25, -0.2) is 12.8 Å². The summed E-state index contributed by atoms with van der Waals surface area (Å²) in [4.78, 5) is 20.8. The number of halogens is 3. The molecule has 0 saturated heterocycles. The molecule has 0 aromatic heterocycles. The van der Waals surface area contributed by atoms with Gasteiger partial charge in [0.1, 0.15) is 10.5 Å². The summed E-state index contributed by atoms with van der Waals surface area (Å²) < 4.78 is 50.4. The minimum atomic E-state index is -4.74. The van der Waals surface area contributed by atoms with E-state index in [-0.39, 0.29) is 12.6 Å². The van der Waals surface area contributed by atoms with Crippen molar-refractivity contribution < 1.29 is 26.9 Å². The molecule has 0 unspecified atom stereocenters. The second-order valence-corrected chi connectivity index (χ2v) is 6.45. The molecule has 0 fully saturated rings. The Balaban J connectivity index is 3.82. The largest absolute Gasteiger partial charge is 0.342 e. The van der Waals surface area contributed by atoms with Gasteiger partial charge in [-0.05, 0) is 6.92 Å². The molecule has 0 bridgehead atoms. The number of amides is 1. The van der Waals surface area contributed by atoms with Gasteiger partial charge >= 0.3 is 5.69 Å². The molecule has 1 amide bonds. The smallest absolute Gasteiger partial charge is 0.307 e. The van der Waals surface area contributed by atoms with Crippen LogP contribution in [0.4, 0.5) is 14.5 Å². The van der Waals surface area contributed by atoms with E-state index in [1.165, 1.54) is 14.0 Å². The number of carbonyl (C=O) groups is 1. The van der Waals surface area contributed by atoms with Crippen LogP contribution >= 0.6 is 10.7 Å². The number of benzene rings is 1. The van der Waals surface area contributed by atoms with Crippen LogP contribution in [-0.4, -0.2) is 37.7 Å². The average molecular weight is 343 g/mol. The predicted molar refractivity (Wildman–Crippen MR) is 68.7 cm³/mol. The summed E-state index contributed by atoms with van der Waals surface area (Å²) in [5.74, 6) is -4.76. The molecule has 0 aliphatic carbocycles. The van der Waals surface area contributed by atoms with E-state index in [2.05, 4.69) is 0 Å². The lowest BCUT2D eigenvalue weighted by atomic mass is 10.1. The summed E-state index contributed by atoms with van der Waals surface area (Å²) in [5.41, 5.74) is -2.70. The first-order valence-corrected chi connectivity index (χ1v) is 7.69. The molecule has 0 atom stereocenters. The first kappa shape index (κ1) is 17.2. The fourth-order valence-corrected chi connectivity index (χ4v) is 2.34. The topological polar surface area (TPSA) is 97.6 Å². The second-order valence-electron chi connectivity index (χ2n) is 3.91. The van der Waals surface area contributed by atoms with Gasteiger partial charge in [0.15, 0.2) is 5.82 Å². The normalized spacial score (nSPS) is 11.3. The van der Waals surface area contributed by atoms with E-state index < -0.39 is 47.7 Å². The molecule has 1 rings (SSSR count). The van der Waals surface area contributed by atoms with Gasteiger partial charge < -0.3 is 4.90 Å². The van der Waals surface area contributed by atoms with Gasteiger partial charge in [-0.15, -0.1) is 0 Å². The van der Waals surface area contributed by atoms with E-state index >= 15 is 0 Å². The Morgan fingerprint density at radius 3 is 2.33 bits per heavy atom. The van der Waals surface area contributed by atoms with Crippen LogP contribution in [0.15, 0.2) is 11.0 Å². The summed E-state index contributed by atoms with van der Waals surface area (Å²) in [6, 6.07) is 0.135. The summed E-state index contributed by atoms with van der Waals surface area (Å²) in [7, 11) is 1.40. The zero-order valence-corrected chi connectivity index (χ0v) is 12.3. The second kappa shape index (κ2) is 5.90. The standard InChI is InChI=1S/C10H9ClF2N2O5S/c1-3-14(2)10(16)7-8(12)5(15(17)18)4-6(9(7)13)21(11,19)20/h4H,3H2,1-2H3. The Bertz CT molecular complexity index is 723. The van der Waals surface area contributed by atoms with E-state index in [0.29, 0.717) is 0 Å². The number of nitrogens with zero attached hydrogens (tertiary/aromatic N) is 2. The minimum Gasteiger partial charge on any atom is -0.342 e. The van der Waals surface area contributed by atoms with E-state index in [4.69, 9.17) is 10.7 Å². The van der Waals surface area contributed by atoms with Gasteiger partial charge in [0.25, 0.3) is 15.0 Å². The van der Waals surface area contributed by atoms with Crippen molar-refractivity contribution in [3.8, 4) is 0 Å². The summed E-state index contributed by atoms with van der Waals surface area (Å²) in [6.07, 6.45) is 0. The Morgan fingerprint density at radius 2 is 1.95 bits per heavy atom. The predicted octanol–water partition coefficient (Wildman–Crippen LogP) is 1.89. The molecule has 0 N–H and O–H groups in total. The number of nitro groups is 1. The van der Waals surface area contributed by atoms with Crippen LogP contribution in [0.25, 0.3) is 0 Å². The van der Waals surface area contributed by atoms with Crippen molar-refractivity contribution in [2.24, 2.45) is 0 Å². The van der Waals surface area contributed by atoms with Crippen molar-refractivity contribution in [1.82, 2.24) is 4.90 Å². The third-order valence-electron chi connectivity index (χ3n) is 2.64. The number of carbonyl (C=O) groups excluding carboxylic acids is 1. The van der Waals surface area contributed by atoms with Crippen molar-refractivity contribution in [2.75, 3.05) is 13.6 Å². The Labute approximate surface area is 122 Å². The highest BCUT2D eigenvalue weighted by Crippen LogP contribution is 2.31. The Hall–Kier alpha value is -1.81.